The van der Waals surface area contributed by atoms with Crippen LogP contribution >= 0.6 is 15.6 Å². The molecule has 33 heavy (non-hydrogen) atoms. The van der Waals surface area contributed by atoms with E-state index in [1.54, 1.807) is 0 Å². The largest absolute Gasteiger partial charge is 0.756 e. The molecule has 6 atom stereocenters. The van der Waals surface area contributed by atoms with Gasteiger partial charge in [0.2, 0.25) is 0 Å². The van der Waals surface area contributed by atoms with Gasteiger partial charge >= 0.3 is 13.5 Å². The zero-order valence-electron chi connectivity index (χ0n) is 16.7. The lowest BCUT2D eigenvalue weighted by atomic mass is 10.1. The Bertz CT molecular complexity index is 1180. The quantitative estimate of drug-likeness (QED) is 0.319. The van der Waals surface area contributed by atoms with E-state index >= 15 is 0 Å². The zero-order valence-corrected chi connectivity index (χ0v) is 18.5. The number of nitrogens with one attached hydrogen (secondary N) is 1. The van der Waals surface area contributed by atoms with Crippen LogP contribution in [0.15, 0.2) is 46.1 Å². The van der Waals surface area contributed by atoms with Gasteiger partial charge in [-0.3, -0.25) is 23.5 Å². The van der Waals surface area contributed by atoms with Crippen LogP contribution in [-0.2, 0) is 22.7 Å². The summed E-state index contributed by atoms with van der Waals surface area (Å²) in [6.45, 7) is -0.976. The predicted molar refractivity (Wildman–Crippen MR) is 103 cm³/mol. The Hall–Kier alpha value is -2.32. The molecule has 1 aliphatic rings. The molecule has 0 spiro atoms. The van der Waals surface area contributed by atoms with Gasteiger partial charge in [-0.05, 0) is 24.3 Å². The molecule has 1 saturated heterocycles. The van der Waals surface area contributed by atoms with Crippen molar-refractivity contribution in [2.24, 2.45) is 0 Å². The summed E-state index contributed by atoms with van der Waals surface area (Å²) in [7, 11) is -9.60. The Labute approximate surface area is 184 Å². The summed E-state index contributed by atoms with van der Waals surface area (Å²) in [4.78, 5) is 48.8. The van der Waals surface area contributed by atoms with E-state index in [0.29, 0.717) is 5.75 Å². The first-order chi connectivity index (χ1) is 15.4. The molecule has 3 N–H and O–H groups in total. The van der Waals surface area contributed by atoms with Crippen LogP contribution < -0.4 is 30.3 Å². The first-order valence-electron chi connectivity index (χ1n) is 9.05. The average molecular weight is 508 g/mol. The minimum atomic E-state index is -5.54. The summed E-state index contributed by atoms with van der Waals surface area (Å²) < 4.78 is 47.7. The number of aliphatic hydroxyl groups is 2. The number of ether oxygens (including phenoxy) is 2. The minimum Gasteiger partial charge on any atom is -0.756 e. The number of aliphatic hydroxyl groups excluding tert-OH is 2. The number of H-pyrrole nitrogens is 1. The second-order valence-electron chi connectivity index (χ2n) is 6.60. The van der Waals surface area contributed by atoms with Gasteiger partial charge in [0.05, 0.1) is 13.7 Å². The Kier molecular flexibility index (Phi) is 7.59. The number of methoxy groups -OCH3 is 1. The van der Waals surface area contributed by atoms with E-state index in [0.717, 1.165) is 16.8 Å². The minimum absolute atomic E-state index is 0.263. The van der Waals surface area contributed by atoms with Crippen LogP contribution in [0.4, 0.5) is 0 Å². The molecular weight excluding hydrogens is 490 g/mol. The van der Waals surface area contributed by atoms with E-state index in [-0.39, 0.29) is 5.75 Å². The number of phosphoric acid groups is 2. The van der Waals surface area contributed by atoms with Crippen molar-refractivity contribution in [3.8, 4) is 11.5 Å². The maximum Gasteiger partial charge on any atom is 0.330 e. The molecule has 0 amide bonds. The number of benzene rings is 1. The normalized spacial score (nSPS) is 26.3. The molecule has 0 radical (unpaired) electrons. The van der Waals surface area contributed by atoms with E-state index in [4.69, 9.17) is 9.47 Å². The third kappa shape index (κ3) is 6.38. The molecule has 1 aliphatic heterocycles. The third-order valence-corrected chi connectivity index (χ3v) is 6.84. The molecule has 0 bridgehead atoms. The number of hydrogen-bond donors (Lipinski definition) is 3. The number of aromatic amines is 1. The van der Waals surface area contributed by atoms with E-state index < -0.39 is 58.0 Å². The standard InChI is InChI=1S/C16H20N2O13P2/c1-27-9-2-4-10(5-3-9)30-33(25,26)31-32(23,24)28-8-11-13(20)14(21)15(29-11)18-7-6-12(19)17-16(18)22/h2-7,11,13-15,20-21H,8H2,1H3,(H,23,24)(H,25,26)(H,17,19,22)/p-2/t11-,13-,14-,15-/m1/s1. The van der Waals surface area contributed by atoms with Crippen LogP contribution in [0.25, 0.3) is 0 Å². The van der Waals surface area contributed by atoms with Gasteiger partial charge in [-0.15, -0.1) is 0 Å². The summed E-state index contributed by atoms with van der Waals surface area (Å²) >= 11 is 0. The fourth-order valence-corrected chi connectivity index (χ4v) is 4.83. The van der Waals surface area contributed by atoms with Gasteiger partial charge in [-0.2, -0.15) is 0 Å². The molecule has 2 aromatic rings. The average Bonchev–Trinajstić information content (AvgIpc) is 3.00. The van der Waals surface area contributed by atoms with Gasteiger partial charge in [0, 0.05) is 12.3 Å². The number of aromatic nitrogens is 2. The van der Waals surface area contributed by atoms with Crippen molar-refractivity contribution >= 4 is 15.6 Å². The SMILES string of the molecule is COc1ccc(OP(=O)([O-])OP(=O)([O-])OC[C@H]2O[C@@H](n3ccc(=O)[nH]c3=O)[C@H](O)[C@@H]2O)cc1. The van der Waals surface area contributed by atoms with E-state index in [1.165, 1.54) is 31.4 Å². The van der Waals surface area contributed by atoms with E-state index in [9.17, 15) is 38.7 Å². The third-order valence-electron chi connectivity index (χ3n) is 4.34. The number of rotatable bonds is 9. The number of hydrogen-bond acceptors (Lipinski definition) is 13. The van der Waals surface area contributed by atoms with Crippen molar-refractivity contribution in [1.82, 2.24) is 9.55 Å². The second kappa shape index (κ2) is 9.89. The van der Waals surface area contributed by atoms with Gasteiger partial charge < -0.3 is 38.5 Å². The molecule has 1 fully saturated rings. The highest BCUT2D eigenvalue weighted by molar-refractivity contribution is 7.60. The lowest BCUT2D eigenvalue weighted by Gasteiger charge is -2.31. The predicted octanol–water partition coefficient (Wildman–Crippen LogP) is -1.79. The van der Waals surface area contributed by atoms with Gasteiger partial charge in [0.15, 0.2) is 6.23 Å². The van der Waals surface area contributed by atoms with Crippen molar-refractivity contribution in [2.75, 3.05) is 13.7 Å². The molecule has 0 aliphatic carbocycles. The van der Waals surface area contributed by atoms with Crippen molar-refractivity contribution in [3.63, 3.8) is 0 Å². The van der Waals surface area contributed by atoms with Crippen molar-refractivity contribution in [1.29, 1.82) is 0 Å². The number of nitrogens with zero attached hydrogens (tertiary/aromatic N) is 1. The van der Waals surface area contributed by atoms with Crippen LogP contribution in [0.3, 0.4) is 0 Å². The van der Waals surface area contributed by atoms with Crippen molar-refractivity contribution in [2.45, 2.75) is 24.5 Å². The summed E-state index contributed by atoms with van der Waals surface area (Å²) in [6, 6.07) is 6.05. The Balaban J connectivity index is 1.61. The van der Waals surface area contributed by atoms with E-state index in [2.05, 4.69) is 13.4 Å². The molecule has 1 aromatic carbocycles. The van der Waals surface area contributed by atoms with Crippen LogP contribution in [0.5, 0.6) is 11.5 Å². The maximum absolute atomic E-state index is 11.9. The summed E-state index contributed by atoms with van der Waals surface area (Å²) in [5.74, 6) is 0.127. The Morgan fingerprint density at radius 2 is 1.70 bits per heavy atom. The molecular formula is C16H18N2O13P2-2. The zero-order chi connectivity index (χ0) is 24.4. The highest BCUT2D eigenvalue weighted by Gasteiger charge is 2.44. The van der Waals surface area contributed by atoms with Crippen LogP contribution in [0.1, 0.15) is 6.23 Å². The Morgan fingerprint density at radius 1 is 1.06 bits per heavy atom. The maximum atomic E-state index is 11.9. The fourth-order valence-electron chi connectivity index (χ4n) is 2.82. The molecule has 2 unspecified atom stereocenters. The first-order valence-corrected chi connectivity index (χ1v) is 12.0. The topological polar surface area (TPSA) is 222 Å². The second-order valence-corrected chi connectivity index (χ2v) is 9.49. The smallest absolute Gasteiger partial charge is 0.330 e. The molecule has 182 valence electrons. The van der Waals surface area contributed by atoms with Gasteiger partial charge in [-0.1, -0.05) is 0 Å². The van der Waals surface area contributed by atoms with Crippen molar-refractivity contribution in [3.05, 3.63) is 57.4 Å². The van der Waals surface area contributed by atoms with E-state index in [1.807, 2.05) is 4.98 Å². The first kappa shape index (κ1) is 25.3. The van der Waals surface area contributed by atoms with Gasteiger partial charge in [0.1, 0.15) is 29.8 Å². The summed E-state index contributed by atoms with van der Waals surface area (Å²) in [6.07, 6.45) is -5.45. The number of phosphoric ester groups is 2. The molecule has 15 nitrogen and oxygen atoms in total. The summed E-state index contributed by atoms with van der Waals surface area (Å²) in [5.41, 5.74) is -1.67. The fraction of sp³-hybridized carbons (Fsp3) is 0.375. The lowest BCUT2D eigenvalue weighted by Crippen LogP contribution is -2.37. The Morgan fingerprint density at radius 3 is 2.30 bits per heavy atom. The summed E-state index contributed by atoms with van der Waals surface area (Å²) in [5, 5.41) is 20.2. The molecule has 2 heterocycles. The van der Waals surface area contributed by atoms with Crippen LogP contribution in [-0.4, -0.2) is 51.8 Å². The van der Waals surface area contributed by atoms with Gasteiger partial charge in [-0.25, -0.2) is 9.11 Å². The van der Waals surface area contributed by atoms with Gasteiger partial charge in [0.25, 0.3) is 13.4 Å². The molecule has 1 aromatic heterocycles. The van der Waals surface area contributed by atoms with Crippen LogP contribution in [0.2, 0.25) is 0 Å². The van der Waals surface area contributed by atoms with Crippen LogP contribution in [0, 0.1) is 0 Å². The lowest BCUT2D eigenvalue weighted by molar-refractivity contribution is -0.241. The highest BCUT2D eigenvalue weighted by Crippen LogP contribution is 2.55. The van der Waals surface area contributed by atoms with Crippen molar-refractivity contribution < 1.29 is 52.0 Å². The molecule has 17 heteroatoms. The molecule has 0 saturated carbocycles. The monoisotopic (exact) mass is 508 g/mol. The molecule has 3 rings (SSSR count). The highest BCUT2D eigenvalue weighted by atomic mass is 31.3.